The third-order valence-corrected chi connectivity index (χ3v) is 6.08. The third-order valence-electron chi connectivity index (χ3n) is 5.78. The molecule has 0 bridgehead atoms. The molecule has 0 saturated carbocycles. The summed E-state index contributed by atoms with van der Waals surface area (Å²) in [5.74, 6) is -0.0171. The largest absolute Gasteiger partial charge is 0.506 e. The third kappa shape index (κ3) is 5.97. The molecule has 3 rings (SSSR count). The minimum absolute atomic E-state index is 0.0934. The highest BCUT2D eigenvalue weighted by Crippen LogP contribution is 2.37. The second-order valence-corrected chi connectivity index (χ2v) is 8.26. The highest BCUT2D eigenvalue weighted by molar-refractivity contribution is 6.32. The van der Waals surface area contributed by atoms with Crippen LogP contribution in [0.5, 0.6) is 5.75 Å². The Balaban J connectivity index is 1.55. The Hall–Kier alpha value is -2.08. The number of aromatic hydroxyl groups is 1. The molecule has 2 aromatic carbocycles. The number of phenols is 1. The zero-order chi connectivity index (χ0) is 21.4. The normalized spacial score (nSPS) is 16.3. The lowest BCUT2D eigenvalue weighted by Crippen LogP contribution is -2.45. The number of nitrogens with zero attached hydrogens (tertiary/aromatic N) is 1. The molecule has 1 N–H and O–H groups in total. The van der Waals surface area contributed by atoms with Crippen LogP contribution in [-0.2, 0) is 27.4 Å². The number of hydrogen-bond donors (Lipinski definition) is 1. The highest BCUT2D eigenvalue weighted by atomic mass is 35.5. The van der Waals surface area contributed by atoms with E-state index in [0.29, 0.717) is 31.3 Å². The van der Waals surface area contributed by atoms with Crippen LogP contribution in [0.2, 0.25) is 5.02 Å². The van der Waals surface area contributed by atoms with Crippen molar-refractivity contribution in [2.75, 3.05) is 26.3 Å². The minimum Gasteiger partial charge on any atom is -0.506 e. The van der Waals surface area contributed by atoms with Crippen LogP contribution < -0.4 is 0 Å². The van der Waals surface area contributed by atoms with Crippen molar-refractivity contribution in [3.05, 3.63) is 64.7 Å². The number of halogens is 1. The molecule has 6 heteroatoms. The van der Waals surface area contributed by atoms with Gasteiger partial charge in [0.25, 0.3) is 0 Å². The molecule has 0 aliphatic carbocycles. The van der Waals surface area contributed by atoms with Gasteiger partial charge < -0.3 is 14.6 Å². The molecule has 2 aromatic rings. The second kappa shape index (κ2) is 10.8. The zero-order valence-electron chi connectivity index (χ0n) is 17.5. The van der Waals surface area contributed by atoms with Crippen LogP contribution in [0.25, 0.3) is 0 Å². The van der Waals surface area contributed by atoms with Crippen LogP contribution in [-0.4, -0.2) is 42.3 Å². The van der Waals surface area contributed by atoms with Gasteiger partial charge in [0.2, 0.25) is 0 Å². The zero-order valence-corrected chi connectivity index (χ0v) is 18.2. The van der Waals surface area contributed by atoms with Crippen molar-refractivity contribution in [2.24, 2.45) is 5.41 Å². The van der Waals surface area contributed by atoms with E-state index in [4.69, 9.17) is 21.1 Å². The average molecular weight is 432 g/mol. The van der Waals surface area contributed by atoms with Crippen molar-refractivity contribution < 1.29 is 19.4 Å². The lowest BCUT2D eigenvalue weighted by atomic mass is 9.75. The fraction of sp³-hybridized carbons (Fsp3) is 0.458. The van der Waals surface area contributed by atoms with Gasteiger partial charge in [0.05, 0.1) is 23.7 Å². The van der Waals surface area contributed by atoms with Crippen molar-refractivity contribution in [1.29, 1.82) is 0 Å². The number of esters is 1. The maximum absolute atomic E-state index is 12.8. The topological polar surface area (TPSA) is 59.0 Å². The highest BCUT2D eigenvalue weighted by Gasteiger charge is 2.42. The van der Waals surface area contributed by atoms with E-state index in [0.717, 1.165) is 43.6 Å². The molecule has 0 amide bonds. The van der Waals surface area contributed by atoms with Gasteiger partial charge in [0.15, 0.2) is 0 Å². The predicted octanol–water partition coefficient (Wildman–Crippen LogP) is 4.80. The van der Waals surface area contributed by atoms with Gasteiger partial charge in [0, 0.05) is 13.2 Å². The van der Waals surface area contributed by atoms with E-state index in [1.807, 2.05) is 43.3 Å². The van der Waals surface area contributed by atoms with Gasteiger partial charge in [-0.05, 0) is 62.5 Å². The first-order valence-electron chi connectivity index (χ1n) is 10.5. The number of carbonyl (C=O) groups is 1. The van der Waals surface area contributed by atoms with E-state index in [-0.39, 0.29) is 11.7 Å². The first-order chi connectivity index (χ1) is 14.5. The minimum atomic E-state index is -0.490. The molecule has 0 spiro atoms. The smallest absolute Gasteiger partial charge is 0.312 e. The summed E-state index contributed by atoms with van der Waals surface area (Å²) in [5.41, 5.74) is 1.69. The van der Waals surface area contributed by atoms with Crippen molar-refractivity contribution in [3.8, 4) is 5.75 Å². The van der Waals surface area contributed by atoms with Gasteiger partial charge in [-0.2, -0.15) is 0 Å². The molecule has 0 aromatic heterocycles. The SMILES string of the molecule is CCOC(=O)C1(CCOCc2ccccc2)CCN(Cc2ccc(O)c(Cl)c2)CC1. The average Bonchev–Trinajstić information content (AvgIpc) is 2.76. The predicted molar refractivity (Wildman–Crippen MR) is 117 cm³/mol. The van der Waals surface area contributed by atoms with E-state index in [9.17, 15) is 9.90 Å². The molecule has 162 valence electrons. The van der Waals surface area contributed by atoms with Gasteiger partial charge >= 0.3 is 5.97 Å². The number of rotatable bonds is 9. The molecular formula is C24H30ClNO4. The van der Waals surface area contributed by atoms with Gasteiger partial charge in [-0.15, -0.1) is 0 Å². The summed E-state index contributed by atoms with van der Waals surface area (Å²) in [7, 11) is 0. The Kier molecular flexibility index (Phi) is 8.14. The molecule has 5 nitrogen and oxygen atoms in total. The van der Waals surface area contributed by atoms with E-state index >= 15 is 0 Å². The quantitative estimate of drug-likeness (QED) is 0.456. The molecule has 1 heterocycles. The van der Waals surface area contributed by atoms with Crippen LogP contribution in [0.1, 0.15) is 37.3 Å². The molecule has 30 heavy (non-hydrogen) atoms. The van der Waals surface area contributed by atoms with E-state index < -0.39 is 5.41 Å². The lowest BCUT2D eigenvalue weighted by Gasteiger charge is -2.40. The fourth-order valence-electron chi connectivity index (χ4n) is 3.92. The number of hydrogen-bond acceptors (Lipinski definition) is 5. The number of piperidine rings is 1. The Labute approximate surface area is 183 Å². The number of ether oxygens (including phenoxy) is 2. The molecule has 0 unspecified atom stereocenters. The Bertz CT molecular complexity index is 819. The van der Waals surface area contributed by atoms with Crippen molar-refractivity contribution in [3.63, 3.8) is 0 Å². The summed E-state index contributed by atoms with van der Waals surface area (Å²) in [5, 5.41) is 9.96. The molecular weight excluding hydrogens is 402 g/mol. The summed E-state index contributed by atoms with van der Waals surface area (Å²) < 4.78 is 11.3. The monoisotopic (exact) mass is 431 g/mol. The molecule has 0 radical (unpaired) electrons. The number of carbonyl (C=O) groups excluding carboxylic acids is 1. The summed E-state index contributed by atoms with van der Waals surface area (Å²) >= 11 is 6.02. The Morgan fingerprint density at radius 3 is 2.53 bits per heavy atom. The maximum atomic E-state index is 12.8. The van der Waals surface area contributed by atoms with Gasteiger partial charge in [-0.25, -0.2) is 0 Å². The molecule has 1 aliphatic rings. The molecule has 1 fully saturated rings. The van der Waals surface area contributed by atoms with Gasteiger partial charge in [-0.1, -0.05) is 48.0 Å². The van der Waals surface area contributed by atoms with Crippen LogP contribution in [0.4, 0.5) is 0 Å². The molecule has 1 saturated heterocycles. The van der Waals surface area contributed by atoms with Gasteiger partial charge in [0.1, 0.15) is 5.75 Å². The van der Waals surface area contributed by atoms with E-state index in [1.54, 1.807) is 12.1 Å². The molecule has 1 aliphatic heterocycles. The summed E-state index contributed by atoms with van der Waals surface area (Å²) in [6.07, 6.45) is 2.15. The van der Waals surface area contributed by atoms with E-state index in [1.165, 1.54) is 0 Å². The van der Waals surface area contributed by atoms with Crippen molar-refractivity contribution in [2.45, 2.75) is 39.3 Å². The van der Waals surface area contributed by atoms with Crippen LogP contribution in [0.15, 0.2) is 48.5 Å². The number of likely N-dealkylation sites (tertiary alicyclic amines) is 1. The fourth-order valence-corrected chi connectivity index (χ4v) is 4.12. The maximum Gasteiger partial charge on any atom is 0.312 e. The first-order valence-corrected chi connectivity index (χ1v) is 10.9. The standard InChI is InChI=1S/C24H30ClNO4/c1-2-30-23(28)24(12-15-29-18-19-6-4-3-5-7-19)10-13-26(14-11-24)17-20-8-9-22(27)21(25)16-20/h3-9,16,27H,2,10-15,17-18H2,1H3. The molecule has 0 atom stereocenters. The van der Waals surface area contributed by atoms with Crippen LogP contribution in [0, 0.1) is 5.41 Å². The number of benzene rings is 2. The van der Waals surface area contributed by atoms with Crippen molar-refractivity contribution in [1.82, 2.24) is 4.90 Å². The van der Waals surface area contributed by atoms with Crippen molar-refractivity contribution >= 4 is 17.6 Å². The summed E-state index contributed by atoms with van der Waals surface area (Å²) in [6.45, 7) is 5.66. The van der Waals surface area contributed by atoms with Gasteiger partial charge in [-0.3, -0.25) is 9.69 Å². The van der Waals surface area contributed by atoms with Crippen LogP contribution in [0.3, 0.4) is 0 Å². The summed E-state index contributed by atoms with van der Waals surface area (Å²) in [6, 6.07) is 15.3. The van der Waals surface area contributed by atoms with Crippen LogP contribution >= 0.6 is 11.6 Å². The Morgan fingerprint density at radius 1 is 1.13 bits per heavy atom. The number of phenolic OH excluding ortho intramolecular Hbond substituents is 1. The Morgan fingerprint density at radius 2 is 1.87 bits per heavy atom. The summed E-state index contributed by atoms with van der Waals surface area (Å²) in [4.78, 5) is 15.1. The first kappa shape index (κ1) is 22.6. The van der Waals surface area contributed by atoms with E-state index in [2.05, 4.69) is 4.90 Å². The second-order valence-electron chi connectivity index (χ2n) is 7.85. The lowest BCUT2D eigenvalue weighted by molar-refractivity contribution is -0.160.